The number of rotatable bonds is 6. The molecule has 2 aromatic carbocycles. The van der Waals surface area contributed by atoms with Crippen molar-refractivity contribution in [2.24, 2.45) is 5.92 Å². The number of hydrogen-bond acceptors (Lipinski definition) is 3. The van der Waals surface area contributed by atoms with E-state index in [4.69, 9.17) is 23.2 Å². The van der Waals surface area contributed by atoms with E-state index < -0.39 is 10.0 Å². The highest BCUT2D eigenvalue weighted by Crippen LogP contribution is 2.28. The highest BCUT2D eigenvalue weighted by Gasteiger charge is 2.31. The van der Waals surface area contributed by atoms with Crippen molar-refractivity contribution < 1.29 is 13.2 Å². The lowest BCUT2D eigenvalue weighted by molar-refractivity contribution is -0.126. The van der Waals surface area contributed by atoms with Gasteiger partial charge in [0.1, 0.15) is 0 Å². The quantitative estimate of drug-likeness (QED) is 0.576. The molecule has 0 bridgehead atoms. The molecule has 1 unspecified atom stereocenters. The molecule has 8 heteroatoms. The van der Waals surface area contributed by atoms with Gasteiger partial charge in [0, 0.05) is 19.0 Å². The molecule has 1 heterocycles. The lowest BCUT2D eigenvalue weighted by Gasteiger charge is -2.31. The van der Waals surface area contributed by atoms with Crippen molar-refractivity contribution in [3.63, 3.8) is 0 Å². The van der Waals surface area contributed by atoms with Gasteiger partial charge in [-0.15, -0.1) is 0 Å². The van der Waals surface area contributed by atoms with Crippen molar-refractivity contribution in [2.75, 3.05) is 13.1 Å². The minimum Gasteiger partial charge on any atom is -0.349 e. The molecule has 0 saturated carbocycles. The first-order valence-electron chi connectivity index (χ1n) is 11.6. The van der Waals surface area contributed by atoms with E-state index >= 15 is 0 Å². The van der Waals surface area contributed by atoms with Crippen LogP contribution in [-0.4, -0.2) is 31.7 Å². The monoisotopic (exact) mass is 508 g/mol. The van der Waals surface area contributed by atoms with E-state index in [1.807, 2.05) is 6.92 Å². The van der Waals surface area contributed by atoms with Crippen LogP contribution in [0.15, 0.2) is 36.4 Å². The van der Waals surface area contributed by atoms with Crippen molar-refractivity contribution in [2.45, 2.75) is 57.2 Å². The van der Waals surface area contributed by atoms with E-state index in [0.717, 1.165) is 18.4 Å². The summed E-state index contributed by atoms with van der Waals surface area (Å²) >= 11 is 11.9. The number of nitrogens with zero attached hydrogens (tertiary/aromatic N) is 1. The number of carbonyl (C=O) groups excluding carboxylic acids is 1. The third-order valence-corrected chi connectivity index (χ3v) is 9.37. The summed E-state index contributed by atoms with van der Waals surface area (Å²) in [5, 5.41) is 3.88. The fourth-order valence-corrected chi connectivity index (χ4v) is 6.64. The average Bonchev–Trinajstić information content (AvgIpc) is 2.81. The lowest BCUT2D eigenvalue weighted by Crippen LogP contribution is -2.43. The molecule has 2 aliphatic rings. The largest absolute Gasteiger partial charge is 0.349 e. The van der Waals surface area contributed by atoms with Gasteiger partial charge in [0.05, 0.1) is 21.8 Å². The predicted octanol–water partition coefficient (Wildman–Crippen LogP) is 5.29. The van der Waals surface area contributed by atoms with E-state index in [0.29, 0.717) is 41.5 Å². The molecule has 1 aliphatic heterocycles. The number of amides is 1. The average molecular weight is 509 g/mol. The second-order valence-electron chi connectivity index (χ2n) is 9.14. The molecule has 1 N–H and O–H groups in total. The first-order chi connectivity index (χ1) is 15.7. The van der Waals surface area contributed by atoms with Crippen LogP contribution in [0.3, 0.4) is 0 Å². The molecule has 5 nitrogen and oxygen atoms in total. The van der Waals surface area contributed by atoms with Crippen LogP contribution >= 0.6 is 23.2 Å². The zero-order chi connectivity index (χ0) is 23.6. The van der Waals surface area contributed by atoms with Crippen LogP contribution in [0.25, 0.3) is 0 Å². The van der Waals surface area contributed by atoms with Gasteiger partial charge in [-0.1, -0.05) is 47.5 Å². The maximum Gasteiger partial charge on any atom is 0.223 e. The Morgan fingerprint density at radius 3 is 2.42 bits per heavy atom. The number of fused-ring (bicyclic) bond motifs is 1. The Labute approximate surface area is 206 Å². The molecule has 0 aromatic heterocycles. The van der Waals surface area contributed by atoms with Crippen LogP contribution in [0.5, 0.6) is 0 Å². The standard InChI is InChI=1S/C25H30Cl2N2O3S/c1-17(21-8-7-19-4-2-3-5-22(19)15-21)28-25(30)20-10-12-29(13-11-20)33(31,32)16-18-6-9-23(26)24(27)14-18/h6-9,14-15,17,20H,2-5,10-13,16H2,1H3,(H,28,30). The molecule has 178 valence electrons. The van der Waals surface area contributed by atoms with E-state index in [1.165, 1.54) is 28.3 Å². The zero-order valence-electron chi connectivity index (χ0n) is 18.8. The van der Waals surface area contributed by atoms with Crippen molar-refractivity contribution in [3.05, 3.63) is 68.7 Å². The summed E-state index contributed by atoms with van der Waals surface area (Å²) in [4.78, 5) is 12.9. The molecular formula is C25H30Cl2N2O3S. The number of hydrogen-bond donors (Lipinski definition) is 1. The summed E-state index contributed by atoms with van der Waals surface area (Å²) < 4.78 is 27.2. The van der Waals surface area contributed by atoms with Gasteiger partial charge in [-0.25, -0.2) is 12.7 Å². The van der Waals surface area contributed by atoms with Gasteiger partial charge in [0.15, 0.2) is 0 Å². The smallest absolute Gasteiger partial charge is 0.223 e. The number of sulfonamides is 1. The van der Waals surface area contributed by atoms with Crippen LogP contribution in [0.1, 0.15) is 60.9 Å². The molecule has 33 heavy (non-hydrogen) atoms. The van der Waals surface area contributed by atoms with E-state index in [1.54, 1.807) is 18.2 Å². The van der Waals surface area contributed by atoms with Crippen LogP contribution in [0.4, 0.5) is 0 Å². The Balaban J connectivity index is 1.31. The maximum absolute atomic E-state index is 12.9. The molecule has 1 saturated heterocycles. The Kier molecular flexibility index (Phi) is 7.69. The summed E-state index contributed by atoms with van der Waals surface area (Å²) in [7, 11) is -3.49. The summed E-state index contributed by atoms with van der Waals surface area (Å²) in [5.41, 5.74) is 4.56. The third kappa shape index (κ3) is 5.91. The van der Waals surface area contributed by atoms with Gasteiger partial charge in [-0.3, -0.25) is 4.79 Å². The van der Waals surface area contributed by atoms with Crippen molar-refractivity contribution in [1.82, 2.24) is 9.62 Å². The molecule has 1 aliphatic carbocycles. The molecule has 1 fully saturated rings. The van der Waals surface area contributed by atoms with Gasteiger partial charge < -0.3 is 5.32 Å². The normalized spacial score (nSPS) is 18.5. The predicted molar refractivity (Wildman–Crippen MR) is 133 cm³/mol. The second-order valence-corrected chi connectivity index (χ2v) is 11.9. The number of aryl methyl sites for hydroxylation is 2. The van der Waals surface area contributed by atoms with E-state index in [2.05, 4.69) is 23.5 Å². The fourth-order valence-electron chi connectivity index (χ4n) is 4.76. The van der Waals surface area contributed by atoms with E-state index in [-0.39, 0.29) is 23.6 Å². The zero-order valence-corrected chi connectivity index (χ0v) is 21.1. The molecule has 0 radical (unpaired) electrons. The highest BCUT2D eigenvalue weighted by molar-refractivity contribution is 7.88. The molecule has 0 spiro atoms. The SMILES string of the molecule is CC(NC(=O)C1CCN(S(=O)(=O)Cc2ccc(Cl)c(Cl)c2)CC1)c1ccc2c(c1)CCCC2. The van der Waals surface area contributed by atoms with Gasteiger partial charge in [-0.05, 0) is 79.8 Å². The summed E-state index contributed by atoms with van der Waals surface area (Å²) in [6.45, 7) is 2.70. The molecular weight excluding hydrogens is 479 g/mol. The first kappa shape index (κ1) is 24.5. The van der Waals surface area contributed by atoms with Gasteiger partial charge in [0.2, 0.25) is 15.9 Å². The number of piperidine rings is 1. The van der Waals surface area contributed by atoms with Crippen molar-refractivity contribution in [3.8, 4) is 0 Å². The van der Waals surface area contributed by atoms with Crippen LogP contribution in [-0.2, 0) is 33.4 Å². The summed E-state index contributed by atoms with van der Waals surface area (Å²) in [6.07, 6.45) is 5.76. The van der Waals surface area contributed by atoms with Gasteiger partial charge in [0.25, 0.3) is 0 Å². The first-order valence-corrected chi connectivity index (χ1v) is 13.9. The van der Waals surface area contributed by atoms with Crippen LogP contribution in [0.2, 0.25) is 10.0 Å². The van der Waals surface area contributed by atoms with Crippen molar-refractivity contribution >= 4 is 39.1 Å². The topological polar surface area (TPSA) is 66.5 Å². The molecule has 1 amide bonds. The highest BCUT2D eigenvalue weighted by atomic mass is 35.5. The molecule has 1 atom stereocenters. The number of nitrogens with one attached hydrogen (secondary N) is 1. The summed E-state index contributed by atoms with van der Waals surface area (Å²) in [5.74, 6) is -0.306. The third-order valence-electron chi connectivity index (χ3n) is 6.78. The van der Waals surface area contributed by atoms with Gasteiger partial charge >= 0.3 is 0 Å². The second kappa shape index (κ2) is 10.3. The maximum atomic E-state index is 12.9. The van der Waals surface area contributed by atoms with E-state index in [9.17, 15) is 13.2 Å². The Bertz CT molecular complexity index is 1130. The summed E-state index contributed by atoms with van der Waals surface area (Å²) in [6, 6.07) is 11.3. The minimum atomic E-state index is -3.49. The van der Waals surface area contributed by atoms with Crippen LogP contribution in [0, 0.1) is 5.92 Å². The molecule has 4 rings (SSSR count). The van der Waals surface area contributed by atoms with Gasteiger partial charge in [-0.2, -0.15) is 0 Å². The van der Waals surface area contributed by atoms with Crippen molar-refractivity contribution in [1.29, 1.82) is 0 Å². The van der Waals surface area contributed by atoms with Crippen LogP contribution < -0.4 is 5.32 Å². The molecule has 2 aromatic rings. The number of benzene rings is 2. The Morgan fingerprint density at radius 1 is 1.03 bits per heavy atom. The Morgan fingerprint density at radius 2 is 1.73 bits per heavy atom. The number of carbonyl (C=O) groups is 1. The fraction of sp³-hybridized carbons (Fsp3) is 0.480. The number of halogens is 2. The Hall–Kier alpha value is -1.60. The lowest BCUT2D eigenvalue weighted by atomic mass is 9.89. The minimum absolute atomic E-state index is 0.00162.